The highest BCUT2D eigenvalue weighted by Gasteiger charge is 2.31. The summed E-state index contributed by atoms with van der Waals surface area (Å²) in [5, 5.41) is 12.4. The molecule has 5 heterocycles. The van der Waals surface area contributed by atoms with Crippen LogP contribution in [0.5, 0.6) is 0 Å². The molecule has 4 aromatic heterocycles. The molecular weight excluding hydrogens is 422 g/mol. The van der Waals surface area contributed by atoms with E-state index in [0.29, 0.717) is 26.1 Å². The van der Waals surface area contributed by atoms with E-state index >= 15 is 0 Å². The molecule has 0 bridgehead atoms. The number of carbonyl (C=O) groups is 2. The molecule has 0 saturated carbocycles. The molecule has 0 radical (unpaired) electrons. The predicted octanol–water partition coefficient (Wildman–Crippen LogP) is 1.34. The van der Waals surface area contributed by atoms with Gasteiger partial charge in [-0.1, -0.05) is 6.58 Å². The van der Waals surface area contributed by atoms with Crippen LogP contribution in [-0.2, 0) is 20.7 Å². The van der Waals surface area contributed by atoms with Crippen LogP contribution >= 0.6 is 0 Å². The molecule has 0 aliphatic carbocycles. The summed E-state index contributed by atoms with van der Waals surface area (Å²) in [7, 11) is 0. The van der Waals surface area contributed by atoms with Gasteiger partial charge in [-0.25, -0.2) is 4.98 Å². The first-order valence-corrected chi connectivity index (χ1v) is 10.7. The van der Waals surface area contributed by atoms with Gasteiger partial charge in [-0.05, 0) is 35.9 Å². The highest BCUT2D eigenvalue weighted by atomic mass is 16.5. The topological polar surface area (TPSA) is 118 Å². The predicted molar refractivity (Wildman–Crippen MR) is 121 cm³/mol. The third kappa shape index (κ3) is 3.96. The van der Waals surface area contributed by atoms with Crippen molar-refractivity contribution in [3.8, 4) is 11.1 Å². The number of amides is 2. The van der Waals surface area contributed by atoms with Gasteiger partial charge in [-0.2, -0.15) is 14.8 Å². The molecule has 1 aliphatic heterocycles. The number of aromatic nitrogens is 5. The maximum absolute atomic E-state index is 12.7. The van der Waals surface area contributed by atoms with Gasteiger partial charge in [0.15, 0.2) is 0 Å². The van der Waals surface area contributed by atoms with Gasteiger partial charge in [0.05, 0.1) is 24.9 Å². The second kappa shape index (κ2) is 8.83. The number of nitrogens with zero attached hydrogens (tertiary/aromatic N) is 5. The van der Waals surface area contributed by atoms with Gasteiger partial charge >= 0.3 is 0 Å². The second-order valence-corrected chi connectivity index (χ2v) is 7.74. The Morgan fingerprint density at radius 2 is 2.18 bits per heavy atom. The van der Waals surface area contributed by atoms with Crippen molar-refractivity contribution < 1.29 is 14.3 Å². The average molecular weight is 445 g/mol. The normalized spacial score (nSPS) is 16.2. The number of morpholine rings is 1. The lowest BCUT2D eigenvalue weighted by molar-refractivity contribution is -0.145. The number of carbonyl (C=O) groups excluding carboxylic acids is 2. The lowest BCUT2D eigenvalue weighted by atomic mass is 10.1. The Kier molecular flexibility index (Phi) is 5.57. The van der Waals surface area contributed by atoms with Crippen LogP contribution in [0.2, 0.25) is 0 Å². The standard InChI is InChI=1S/C23H23N7O3/c1-2-21(31)29-10-11-33-14-20(29)23(32)25-8-5-15-12-17-16(6-9-24-22(17)28-15)18-13-27-30-19(18)4-3-7-26-30/h2-4,6-7,9,12-13,20H,1,5,8,10-11,14H2,(H,24,28)(H,25,32). The number of fused-ring (bicyclic) bond motifs is 2. The summed E-state index contributed by atoms with van der Waals surface area (Å²) < 4.78 is 6.99. The van der Waals surface area contributed by atoms with Crippen molar-refractivity contribution in [2.45, 2.75) is 12.5 Å². The molecule has 5 rings (SSSR count). The highest BCUT2D eigenvalue weighted by molar-refractivity contribution is 5.97. The fourth-order valence-corrected chi connectivity index (χ4v) is 4.13. The van der Waals surface area contributed by atoms with E-state index in [1.165, 1.54) is 11.0 Å². The van der Waals surface area contributed by atoms with E-state index in [0.717, 1.165) is 33.4 Å². The highest BCUT2D eigenvalue weighted by Crippen LogP contribution is 2.30. The van der Waals surface area contributed by atoms with Crippen molar-refractivity contribution >= 4 is 28.4 Å². The van der Waals surface area contributed by atoms with Crippen molar-refractivity contribution in [1.82, 2.24) is 35.0 Å². The SMILES string of the molecule is C=CC(=O)N1CCOCC1C(=O)NCCc1cc2c(-c3cnn4ncccc34)ccnc2[nH]1. The largest absolute Gasteiger partial charge is 0.377 e. The number of aromatic amines is 1. The summed E-state index contributed by atoms with van der Waals surface area (Å²) in [6, 6.07) is 7.20. The number of H-pyrrole nitrogens is 1. The third-order valence-electron chi connectivity index (χ3n) is 5.76. The molecule has 0 spiro atoms. The van der Waals surface area contributed by atoms with E-state index in [4.69, 9.17) is 4.74 Å². The minimum Gasteiger partial charge on any atom is -0.377 e. The lowest BCUT2D eigenvalue weighted by Gasteiger charge is -2.33. The third-order valence-corrected chi connectivity index (χ3v) is 5.76. The van der Waals surface area contributed by atoms with Crippen LogP contribution in [0.15, 0.2) is 55.5 Å². The summed E-state index contributed by atoms with van der Waals surface area (Å²) in [4.78, 5) is 34.0. The van der Waals surface area contributed by atoms with Gasteiger partial charge in [0.25, 0.3) is 0 Å². The maximum Gasteiger partial charge on any atom is 0.246 e. The zero-order valence-electron chi connectivity index (χ0n) is 17.9. The molecule has 1 unspecified atom stereocenters. The quantitative estimate of drug-likeness (QED) is 0.433. The molecule has 1 saturated heterocycles. The number of pyridine rings is 1. The summed E-state index contributed by atoms with van der Waals surface area (Å²) in [6.07, 6.45) is 7.06. The van der Waals surface area contributed by atoms with Crippen LogP contribution < -0.4 is 5.32 Å². The van der Waals surface area contributed by atoms with E-state index in [1.54, 1.807) is 23.2 Å². The number of nitrogens with one attached hydrogen (secondary N) is 2. The Bertz CT molecular complexity index is 1340. The van der Waals surface area contributed by atoms with Crippen LogP contribution in [0, 0.1) is 0 Å². The van der Waals surface area contributed by atoms with Gasteiger partial charge in [0.1, 0.15) is 11.7 Å². The minimum absolute atomic E-state index is 0.180. The first kappa shape index (κ1) is 20.8. The number of ether oxygens (including phenoxy) is 1. The Morgan fingerprint density at radius 1 is 1.27 bits per heavy atom. The smallest absolute Gasteiger partial charge is 0.246 e. The molecule has 2 amide bonds. The van der Waals surface area contributed by atoms with Gasteiger partial charge in [0, 0.05) is 48.5 Å². The summed E-state index contributed by atoms with van der Waals surface area (Å²) in [5.41, 5.74) is 4.60. The van der Waals surface area contributed by atoms with Crippen LogP contribution in [0.4, 0.5) is 0 Å². The van der Waals surface area contributed by atoms with Gasteiger partial charge < -0.3 is 19.9 Å². The Labute approximate surface area is 189 Å². The lowest BCUT2D eigenvalue weighted by Crippen LogP contribution is -2.55. The maximum atomic E-state index is 12.7. The molecular formula is C23H23N7O3. The fourth-order valence-electron chi connectivity index (χ4n) is 4.13. The van der Waals surface area contributed by atoms with Crippen molar-refractivity contribution in [2.24, 2.45) is 0 Å². The molecule has 2 N–H and O–H groups in total. The molecule has 0 aromatic carbocycles. The Hall–Kier alpha value is -4.05. The molecule has 168 valence electrons. The molecule has 10 nitrogen and oxygen atoms in total. The molecule has 1 fully saturated rings. The zero-order valence-corrected chi connectivity index (χ0v) is 17.9. The summed E-state index contributed by atoms with van der Waals surface area (Å²) in [6.45, 7) is 4.89. The molecule has 4 aromatic rings. The minimum atomic E-state index is -0.649. The summed E-state index contributed by atoms with van der Waals surface area (Å²) in [5.74, 6) is -0.505. The van der Waals surface area contributed by atoms with E-state index in [1.807, 2.05) is 24.3 Å². The molecule has 33 heavy (non-hydrogen) atoms. The van der Waals surface area contributed by atoms with E-state index in [-0.39, 0.29) is 18.4 Å². The van der Waals surface area contributed by atoms with Crippen LogP contribution in [-0.4, -0.2) is 73.9 Å². The van der Waals surface area contributed by atoms with Gasteiger partial charge in [-0.15, -0.1) is 0 Å². The molecule has 10 heteroatoms. The Morgan fingerprint density at radius 3 is 3.06 bits per heavy atom. The van der Waals surface area contributed by atoms with Crippen molar-refractivity contribution in [3.05, 3.63) is 61.2 Å². The van der Waals surface area contributed by atoms with Crippen molar-refractivity contribution in [1.29, 1.82) is 0 Å². The van der Waals surface area contributed by atoms with E-state index in [9.17, 15) is 9.59 Å². The average Bonchev–Trinajstić information content (AvgIpc) is 3.47. The molecule has 1 aliphatic rings. The van der Waals surface area contributed by atoms with Crippen LogP contribution in [0.1, 0.15) is 5.69 Å². The number of hydrogen-bond acceptors (Lipinski definition) is 6. The first-order chi connectivity index (χ1) is 16.2. The van der Waals surface area contributed by atoms with E-state index < -0.39 is 6.04 Å². The van der Waals surface area contributed by atoms with Crippen LogP contribution in [0.25, 0.3) is 27.7 Å². The monoisotopic (exact) mass is 445 g/mol. The van der Waals surface area contributed by atoms with Crippen molar-refractivity contribution in [3.63, 3.8) is 0 Å². The summed E-state index contributed by atoms with van der Waals surface area (Å²) >= 11 is 0. The second-order valence-electron chi connectivity index (χ2n) is 7.74. The van der Waals surface area contributed by atoms with Gasteiger partial charge in [0.2, 0.25) is 11.8 Å². The van der Waals surface area contributed by atoms with E-state index in [2.05, 4.69) is 32.1 Å². The van der Waals surface area contributed by atoms with Crippen molar-refractivity contribution in [2.75, 3.05) is 26.3 Å². The van der Waals surface area contributed by atoms with Gasteiger partial charge in [-0.3, -0.25) is 9.59 Å². The number of hydrogen-bond donors (Lipinski definition) is 2. The van der Waals surface area contributed by atoms with Crippen LogP contribution in [0.3, 0.4) is 0 Å². The number of rotatable bonds is 6. The fraction of sp³-hybridized carbons (Fsp3) is 0.261. The Balaban J connectivity index is 1.30. The zero-order chi connectivity index (χ0) is 22.8. The molecule has 1 atom stereocenters. The first-order valence-electron chi connectivity index (χ1n) is 10.7.